The molecule has 16 heavy (non-hydrogen) atoms. The minimum Gasteiger partial charge on any atom is -0.461 e. The normalized spacial score (nSPS) is 11.5. The van der Waals surface area contributed by atoms with Crippen molar-refractivity contribution in [2.24, 2.45) is 0 Å². The fourth-order valence-corrected chi connectivity index (χ4v) is 1.90. The third-order valence-corrected chi connectivity index (χ3v) is 2.58. The average Bonchev–Trinajstić information content (AvgIpc) is 2.55. The molecule has 0 aliphatic rings. The van der Waals surface area contributed by atoms with Crippen LogP contribution >= 0.6 is 0 Å². The number of allylic oxidation sites excluding steroid dienone is 1. The van der Waals surface area contributed by atoms with E-state index in [0.29, 0.717) is 11.0 Å². The number of fused-ring (bicyclic) bond motifs is 1. The van der Waals surface area contributed by atoms with Gasteiger partial charge in [-0.2, -0.15) is 0 Å². The fourth-order valence-electron chi connectivity index (χ4n) is 1.90. The van der Waals surface area contributed by atoms with Crippen LogP contribution in [0, 0.1) is 6.92 Å². The molecule has 1 aromatic heterocycles. The molecular formula is C12H13BO3. The highest BCUT2D eigenvalue weighted by Gasteiger charge is 2.19. The van der Waals surface area contributed by atoms with Gasteiger partial charge in [0.15, 0.2) is 0 Å². The second-order valence-electron chi connectivity index (χ2n) is 3.67. The molecule has 3 nitrogen and oxygen atoms in total. The first kappa shape index (κ1) is 11.0. The second kappa shape index (κ2) is 4.16. The fraction of sp³-hybridized carbons (Fsp3) is 0.167. The molecule has 0 amide bonds. The highest BCUT2D eigenvalue weighted by atomic mass is 16.4. The maximum Gasteiger partial charge on any atom is 0.489 e. The molecule has 2 aromatic rings. The lowest BCUT2D eigenvalue weighted by Crippen LogP contribution is -2.30. The topological polar surface area (TPSA) is 53.6 Å². The number of furan rings is 1. The zero-order valence-corrected chi connectivity index (χ0v) is 9.27. The van der Waals surface area contributed by atoms with Crippen molar-refractivity contribution in [3.63, 3.8) is 0 Å². The van der Waals surface area contributed by atoms with Crippen LogP contribution in [0.4, 0.5) is 0 Å². The Balaban J connectivity index is 2.82. The molecular weight excluding hydrogens is 203 g/mol. The maximum atomic E-state index is 9.31. The van der Waals surface area contributed by atoms with Crippen LogP contribution in [-0.2, 0) is 0 Å². The van der Waals surface area contributed by atoms with E-state index in [1.165, 1.54) is 0 Å². The van der Waals surface area contributed by atoms with Gasteiger partial charge < -0.3 is 14.5 Å². The van der Waals surface area contributed by atoms with Crippen LogP contribution in [0.15, 0.2) is 28.7 Å². The summed E-state index contributed by atoms with van der Waals surface area (Å²) in [6.07, 6.45) is 3.81. The Kier molecular flexibility index (Phi) is 2.85. The van der Waals surface area contributed by atoms with Gasteiger partial charge >= 0.3 is 7.12 Å². The lowest BCUT2D eigenvalue weighted by atomic mass is 9.77. The first-order valence-electron chi connectivity index (χ1n) is 5.16. The van der Waals surface area contributed by atoms with Gasteiger partial charge in [-0.1, -0.05) is 24.3 Å². The minimum absolute atomic E-state index is 0.474. The number of hydrogen-bond donors (Lipinski definition) is 2. The monoisotopic (exact) mass is 216 g/mol. The summed E-state index contributed by atoms with van der Waals surface area (Å²) in [5.41, 5.74) is 2.06. The van der Waals surface area contributed by atoms with Gasteiger partial charge in [0.2, 0.25) is 0 Å². The first-order chi connectivity index (χ1) is 7.65. The summed E-state index contributed by atoms with van der Waals surface area (Å²) in [5, 5.41) is 19.4. The molecule has 0 saturated heterocycles. The molecule has 0 aliphatic heterocycles. The molecule has 0 spiro atoms. The molecule has 4 heteroatoms. The summed E-state index contributed by atoms with van der Waals surface area (Å²) < 4.78 is 5.57. The van der Waals surface area contributed by atoms with E-state index in [1.807, 2.05) is 32.1 Å². The van der Waals surface area contributed by atoms with Crippen LogP contribution in [0.2, 0.25) is 0 Å². The van der Waals surface area contributed by atoms with Crippen LogP contribution in [0.3, 0.4) is 0 Å². The number of aryl methyl sites for hydroxylation is 1. The zero-order valence-electron chi connectivity index (χ0n) is 9.27. The summed E-state index contributed by atoms with van der Waals surface area (Å²) in [7, 11) is -1.48. The van der Waals surface area contributed by atoms with E-state index in [0.717, 1.165) is 16.7 Å². The third kappa shape index (κ3) is 1.66. The van der Waals surface area contributed by atoms with Gasteiger partial charge in [0, 0.05) is 10.9 Å². The Bertz CT molecular complexity index is 540. The van der Waals surface area contributed by atoms with E-state index in [2.05, 4.69) is 0 Å². The Morgan fingerprint density at radius 1 is 1.31 bits per heavy atom. The Morgan fingerprint density at radius 3 is 2.69 bits per heavy atom. The molecule has 1 aromatic carbocycles. The van der Waals surface area contributed by atoms with Crippen molar-refractivity contribution in [3.05, 3.63) is 35.6 Å². The molecule has 0 fully saturated rings. The number of hydrogen-bond acceptors (Lipinski definition) is 3. The molecule has 0 unspecified atom stereocenters. The van der Waals surface area contributed by atoms with E-state index in [4.69, 9.17) is 4.42 Å². The molecule has 2 rings (SSSR count). The lowest BCUT2D eigenvalue weighted by Gasteiger charge is -2.01. The van der Waals surface area contributed by atoms with Crippen LogP contribution in [-0.4, -0.2) is 17.2 Å². The molecule has 82 valence electrons. The van der Waals surface area contributed by atoms with E-state index in [1.54, 1.807) is 12.1 Å². The molecule has 0 saturated carbocycles. The standard InChI is InChI=1S/C12H13BO3/c1-3-5-9-8(2)16-11-7-4-6-10(12(9)11)13(14)15/h3-7,14-15H,1-2H3/b5-3-. The quantitative estimate of drug-likeness (QED) is 0.747. The third-order valence-electron chi connectivity index (χ3n) is 2.58. The molecule has 2 N–H and O–H groups in total. The zero-order chi connectivity index (χ0) is 11.7. The van der Waals surface area contributed by atoms with E-state index in [-0.39, 0.29) is 0 Å². The van der Waals surface area contributed by atoms with Crippen LogP contribution in [0.5, 0.6) is 0 Å². The van der Waals surface area contributed by atoms with E-state index < -0.39 is 7.12 Å². The van der Waals surface area contributed by atoms with Gasteiger partial charge in [-0.05, 0) is 25.4 Å². The summed E-state index contributed by atoms with van der Waals surface area (Å²) in [6.45, 7) is 3.78. The van der Waals surface area contributed by atoms with Gasteiger partial charge in [-0.15, -0.1) is 0 Å². The summed E-state index contributed by atoms with van der Waals surface area (Å²) in [5.74, 6) is 0.779. The Hall–Kier alpha value is -1.52. The summed E-state index contributed by atoms with van der Waals surface area (Å²) in [6, 6.07) is 5.26. The van der Waals surface area contributed by atoms with Gasteiger partial charge in [-0.25, -0.2) is 0 Å². The van der Waals surface area contributed by atoms with Crippen LogP contribution < -0.4 is 5.46 Å². The van der Waals surface area contributed by atoms with Crippen molar-refractivity contribution in [3.8, 4) is 0 Å². The SMILES string of the molecule is C/C=C\c1c(C)oc2cccc(B(O)O)c12. The predicted octanol–water partition coefficient (Wildman–Crippen LogP) is 1.45. The smallest absolute Gasteiger partial charge is 0.461 e. The number of benzene rings is 1. The van der Waals surface area contributed by atoms with Crippen molar-refractivity contribution >= 4 is 29.6 Å². The molecule has 0 bridgehead atoms. The first-order valence-corrected chi connectivity index (χ1v) is 5.16. The summed E-state index contributed by atoms with van der Waals surface area (Å²) >= 11 is 0. The molecule has 0 atom stereocenters. The highest BCUT2D eigenvalue weighted by Crippen LogP contribution is 2.25. The predicted molar refractivity (Wildman–Crippen MR) is 65.5 cm³/mol. The molecule has 0 aliphatic carbocycles. The number of rotatable bonds is 2. The van der Waals surface area contributed by atoms with Crippen molar-refractivity contribution in [1.29, 1.82) is 0 Å². The molecule has 0 radical (unpaired) electrons. The second-order valence-corrected chi connectivity index (χ2v) is 3.67. The highest BCUT2D eigenvalue weighted by molar-refractivity contribution is 6.62. The largest absolute Gasteiger partial charge is 0.489 e. The Labute approximate surface area is 94.2 Å². The Morgan fingerprint density at radius 2 is 2.06 bits per heavy atom. The van der Waals surface area contributed by atoms with E-state index >= 15 is 0 Å². The summed E-state index contributed by atoms with van der Waals surface area (Å²) in [4.78, 5) is 0. The van der Waals surface area contributed by atoms with Gasteiger partial charge in [0.05, 0.1) is 0 Å². The van der Waals surface area contributed by atoms with E-state index in [9.17, 15) is 10.0 Å². The minimum atomic E-state index is -1.48. The molecule has 1 heterocycles. The van der Waals surface area contributed by atoms with Crippen LogP contribution in [0.25, 0.3) is 17.0 Å². The van der Waals surface area contributed by atoms with Crippen molar-refractivity contribution in [1.82, 2.24) is 0 Å². The van der Waals surface area contributed by atoms with Crippen molar-refractivity contribution in [2.45, 2.75) is 13.8 Å². The van der Waals surface area contributed by atoms with Crippen molar-refractivity contribution < 1.29 is 14.5 Å². The average molecular weight is 216 g/mol. The van der Waals surface area contributed by atoms with Crippen molar-refractivity contribution in [2.75, 3.05) is 0 Å². The van der Waals surface area contributed by atoms with Gasteiger partial charge in [-0.3, -0.25) is 0 Å². The lowest BCUT2D eigenvalue weighted by molar-refractivity contribution is 0.426. The van der Waals surface area contributed by atoms with Gasteiger partial charge in [0.25, 0.3) is 0 Å². The van der Waals surface area contributed by atoms with Gasteiger partial charge in [0.1, 0.15) is 11.3 Å². The maximum absolute atomic E-state index is 9.31. The van der Waals surface area contributed by atoms with Crippen LogP contribution in [0.1, 0.15) is 18.2 Å².